The van der Waals surface area contributed by atoms with Crippen LogP contribution < -0.4 is 5.32 Å². The van der Waals surface area contributed by atoms with Gasteiger partial charge in [0.15, 0.2) is 0 Å². The highest BCUT2D eigenvalue weighted by Gasteiger charge is 2.15. The van der Waals surface area contributed by atoms with Gasteiger partial charge in [-0.2, -0.15) is 0 Å². The molecule has 0 bridgehead atoms. The molecule has 1 rings (SSSR count). The fourth-order valence-corrected chi connectivity index (χ4v) is 1.77. The summed E-state index contributed by atoms with van der Waals surface area (Å²) in [5, 5.41) is 2.61. The number of nitrogens with zero attached hydrogens (tertiary/aromatic N) is 1. The molecule has 0 atom stereocenters. The summed E-state index contributed by atoms with van der Waals surface area (Å²) >= 11 is 5.60. The topological polar surface area (TPSA) is 49.4 Å². The minimum Gasteiger partial charge on any atom is -0.343 e. The van der Waals surface area contributed by atoms with Gasteiger partial charge in [-0.15, -0.1) is 0 Å². The summed E-state index contributed by atoms with van der Waals surface area (Å²) in [6, 6.07) is 3.77. The Morgan fingerprint density at radius 1 is 1.32 bits per heavy atom. The molecule has 0 spiro atoms. The van der Waals surface area contributed by atoms with E-state index in [1.807, 2.05) is 13.8 Å². The van der Waals surface area contributed by atoms with Crippen molar-refractivity contribution in [3.05, 3.63) is 34.6 Å². The van der Waals surface area contributed by atoms with Gasteiger partial charge in [-0.1, -0.05) is 11.6 Å². The smallest absolute Gasteiger partial charge is 0.254 e. The van der Waals surface area contributed by atoms with Gasteiger partial charge in [0.1, 0.15) is 5.82 Å². The van der Waals surface area contributed by atoms with Crippen molar-refractivity contribution in [2.45, 2.75) is 13.8 Å². The molecule has 4 nitrogen and oxygen atoms in total. The second-order valence-corrected chi connectivity index (χ2v) is 4.31. The van der Waals surface area contributed by atoms with E-state index in [4.69, 9.17) is 11.6 Å². The molecule has 104 valence electrons. The van der Waals surface area contributed by atoms with Crippen LogP contribution in [0.3, 0.4) is 0 Å². The van der Waals surface area contributed by atoms with Crippen LogP contribution in [0.1, 0.15) is 24.2 Å². The van der Waals surface area contributed by atoms with Gasteiger partial charge in [-0.25, -0.2) is 4.39 Å². The van der Waals surface area contributed by atoms with Crippen molar-refractivity contribution in [3.63, 3.8) is 0 Å². The lowest BCUT2D eigenvalue weighted by molar-refractivity contribution is -0.129. The summed E-state index contributed by atoms with van der Waals surface area (Å²) < 4.78 is 13.5. The van der Waals surface area contributed by atoms with Crippen LogP contribution in [0.2, 0.25) is 5.02 Å². The Morgan fingerprint density at radius 2 is 1.95 bits per heavy atom. The molecular weight excluding hydrogens is 271 g/mol. The van der Waals surface area contributed by atoms with E-state index in [-0.39, 0.29) is 23.0 Å². The zero-order valence-corrected chi connectivity index (χ0v) is 11.6. The van der Waals surface area contributed by atoms with E-state index in [0.717, 1.165) is 6.07 Å². The van der Waals surface area contributed by atoms with Crippen molar-refractivity contribution in [1.29, 1.82) is 0 Å². The van der Waals surface area contributed by atoms with Crippen molar-refractivity contribution >= 4 is 23.4 Å². The first kappa shape index (κ1) is 15.4. The molecule has 0 saturated carbocycles. The second-order valence-electron chi connectivity index (χ2n) is 3.87. The van der Waals surface area contributed by atoms with Crippen molar-refractivity contribution in [3.8, 4) is 0 Å². The third kappa shape index (κ3) is 4.21. The van der Waals surface area contributed by atoms with Gasteiger partial charge < -0.3 is 10.2 Å². The molecule has 0 aromatic heterocycles. The third-order valence-corrected chi connectivity index (χ3v) is 2.93. The van der Waals surface area contributed by atoms with Crippen LogP contribution in [-0.2, 0) is 4.79 Å². The lowest BCUT2D eigenvalue weighted by Crippen LogP contribution is -2.40. The molecule has 1 N–H and O–H groups in total. The summed E-state index contributed by atoms with van der Waals surface area (Å²) in [7, 11) is 0. The maximum absolute atomic E-state index is 13.5. The second kappa shape index (κ2) is 7.09. The summed E-state index contributed by atoms with van der Waals surface area (Å²) in [5.74, 6) is -1.54. The molecule has 1 aromatic carbocycles. The minimum absolute atomic E-state index is 0.128. The van der Waals surface area contributed by atoms with E-state index >= 15 is 0 Å². The number of rotatable bonds is 5. The Hall–Kier alpha value is -1.62. The number of benzene rings is 1. The molecule has 0 aliphatic carbocycles. The van der Waals surface area contributed by atoms with Gasteiger partial charge in [0.25, 0.3) is 5.91 Å². The molecule has 0 heterocycles. The maximum Gasteiger partial charge on any atom is 0.254 e. The van der Waals surface area contributed by atoms with Crippen LogP contribution in [0.5, 0.6) is 0 Å². The molecule has 19 heavy (non-hydrogen) atoms. The van der Waals surface area contributed by atoms with E-state index in [1.54, 1.807) is 4.90 Å². The first-order valence-corrected chi connectivity index (χ1v) is 6.38. The predicted molar refractivity (Wildman–Crippen MR) is 71.7 cm³/mol. The quantitative estimate of drug-likeness (QED) is 0.901. The largest absolute Gasteiger partial charge is 0.343 e. The number of amides is 2. The van der Waals surface area contributed by atoms with Crippen molar-refractivity contribution in [1.82, 2.24) is 10.2 Å². The molecule has 6 heteroatoms. The van der Waals surface area contributed by atoms with E-state index in [9.17, 15) is 14.0 Å². The average molecular weight is 287 g/mol. The zero-order valence-electron chi connectivity index (χ0n) is 10.9. The van der Waals surface area contributed by atoms with E-state index in [1.165, 1.54) is 12.1 Å². The molecule has 0 aliphatic heterocycles. The van der Waals surface area contributed by atoms with Crippen LogP contribution in [0.25, 0.3) is 0 Å². The summed E-state index contributed by atoms with van der Waals surface area (Å²) in [6.45, 7) is 4.69. The Kier molecular flexibility index (Phi) is 5.76. The standard InChI is InChI=1S/C13H16ClFN2O2/c1-3-17(4-2)12(18)8-16-13(19)10-6-5-9(14)7-11(10)15/h5-7H,3-4,8H2,1-2H3,(H,16,19). The number of halogens is 2. The molecule has 0 saturated heterocycles. The highest BCUT2D eigenvalue weighted by molar-refractivity contribution is 6.30. The average Bonchev–Trinajstić information content (AvgIpc) is 2.37. The Balaban J connectivity index is 2.63. The monoisotopic (exact) mass is 286 g/mol. The number of nitrogens with one attached hydrogen (secondary N) is 1. The number of hydrogen-bond donors (Lipinski definition) is 1. The first-order chi connectivity index (χ1) is 8.99. The highest BCUT2D eigenvalue weighted by atomic mass is 35.5. The first-order valence-electron chi connectivity index (χ1n) is 6.00. The lowest BCUT2D eigenvalue weighted by Gasteiger charge is -2.18. The van der Waals surface area contributed by atoms with Crippen LogP contribution >= 0.6 is 11.6 Å². The van der Waals surface area contributed by atoms with Gasteiger partial charge in [0.2, 0.25) is 5.91 Å². The molecule has 0 unspecified atom stereocenters. The van der Waals surface area contributed by atoms with E-state index < -0.39 is 11.7 Å². The highest BCUT2D eigenvalue weighted by Crippen LogP contribution is 2.14. The molecule has 0 aliphatic rings. The maximum atomic E-state index is 13.5. The normalized spacial score (nSPS) is 10.1. The van der Waals surface area contributed by atoms with Crippen LogP contribution in [-0.4, -0.2) is 36.3 Å². The van der Waals surface area contributed by atoms with Crippen LogP contribution in [0.4, 0.5) is 4.39 Å². The molecular formula is C13H16ClFN2O2. The summed E-state index contributed by atoms with van der Waals surface area (Å²) in [6.07, 6.45) is 0. The molecule has 0 fully saturated rings. The Morgan fingerprint density at radius 3 is 2.47 bits per heavy atom. The van der Waals surface area contributed by atoms with Gasteiger partial charge in [0.05, 0.1) is 12.1 Å². The van der Waals surface area contributed by atoms with Gasteiger partial charge in [-0.05, 0) is 32.0 Å². The Bertz CT molecular complexity index is 476. The van der Waals surface area contributed by atoms with Gasteiger partial charge in [-0.3, -0.25) is 9.59 Å². The molecule has 1 aromatic rings. The van der Waals surface area contributed by atoms with Crippen molar-refractivity contribution in [2.75, 3.05) is 19.6 Å². The van der Waals surface area contributed by atoms with Gasteiger partial charge in [0, 0.05) is 18.1 Å². The fourth-order valence-electron chi connectivity index (χ4n) is 1.61. The minimum atomic E-state index is -0.708. The fraction of sp³-hybridized carbons (Fsp3) is 0.385. The molecule has 0 radical (unpaired) electrons. The number of likely N-dealkylation sites (N-methyl/N-ethyl adjacent to an activating group) is 1. The van der Waals surface area contributed by atoms with Crippen LogP contribution in [0.15, 0.2) is 18.2 Å². The van der Waals surface area contributed by atoms with Crippen molar-refractivity contribution < 1.29 is 14.0 Å². The molecule has 2 amide bonds. The number of hydrogen-bond acceptors (Lipinski definition) is 2. The Labute approximate surface area is 116 Å². The van der Waals surface area contributed by atoms with Crippen LogP contribution in [0, 0.1) is 5.82 Å². The predicted octanol–water partition coefficient (Wildman–Crippen LogP) is 2.08. The lowest BCUT2D eigenvalue weighted by atomic mass is 10.2. The number of carbonyl (C=O) groups excluding carboxylic acids is 2. The van der Waals surface area contributed by atoms with E-state index in [0.29, 0.717) is 13.1 Å². The summed E-state index contributed by atoms with van der Waals surface area (Å²) in [4.78, 5) is 25.0. The third-order valence-electron chi connectivity index (χ3n) is 2.69. The zero-order chi connectivity index (χ0) is 14.4. The summed E-state index contributed by atoms with van der Waals surface area (Å²) in [5.41, 5.74) is -0.128. The van der Waals surface area contributed by atoms with E-state index in [2.05, 4.69) is 5.32 Å². The number of carbonyl (C=O) groups is 2. The van der Waals surface area contributed by atoms with Crippen molar-refractivity contribution in [2.24, 2.45) is 0 Å². The van der Waals surface area contributed by atoms with Gasteiger partial charge >= 0.3 is 0 Å². The SMILES string of the molecule is CCN(CC)C(=O)CNC(=O)c1ccc(Cl)cc1F.